The van der Waals surface area contributed by atoms with E-state index in [1.807, 2.05) is 24.3 Å². The zero-order valence-electron chi connectivity index (χ0n) is 15.9. The number of carbonyl (C=O) groups is 2. The molecule has 4 amide bonds. The molecule has 3 rings (SSSR count). The highest BCUT2D eigenvalue weighted by Crippen LogP contribution is 2.17. The smallest absolute Gasteiger partial charge is 0.308 e. The van der Waals surface area contributed by atoms with E-state index in [9.17, 15) is 9.59 Å². The third-order valence-electron chi connectivity index (χ3n) is 4.11. The fraction of sp³-hybridized carbons (Fsp3) is 0.0909. The lowest BCUT2D eigenvalue weighted by Gasteiger charge is -2.11. The van der Waals surface area contributed by atoms with Crippen LogP contribution in [0.2, 0.25) is 0 Å². The van der Waals surface area contributed by atoms with Crippen LogP contribution in [0.15, 0.2) is 72.8 Å². The zero-order valence-corrected chi connectivity index (χ0v) is 17.4. The van der Waals surface area contributed by atoms with Crippen LogP contribution in [0.5, 0.6) is 0 Å². The lowest BCUT2D eigenvalue weighted by molar-refractivity contribution is 0.261. The molecule has 8 heteroatoms. The van der Waals surface area contributed by atoms with Crippen molar-refractivity contribution < 1.29 is 9.59 Å². The molecule has 4 N–H and O–H groups in total. The van der Waals surface area contributed by atoms with E-state index in [4.69, 9.17) is 23.2 Å². The van der Waals surface area contributed by atoms with Crippen LogP contribution in [0.3, 0.4) is 0 Å². The number of rotatable bonds is 6. The number of anilines is 4. The molecule has 0 unspecified atom stereocenters. The lowest BCUT2D eigenvalue weighted by Crippen LogP contribution is -2.21. The second kappa shape index (κ2) is 10.5. The number of halogens is 2. The molecule has 0 atom stereocenters. The first-order chi connectivity index (χ1) is 14.6. The Labute approximate surface area is 184 Å². The topological polar surface area (TPSA) is 82.3 Å². The third-order valence-corrected chi connectivity index (χ3v) is 4.73. The summed E-state index contributed by atoms with van der Waals surface area (Å²) in [6.45, 7) is 0. The molecule has 154 valence electrons. The number of amides is 4. The van der Waals surface area contributed by atoms with Crippen molar-refractivity contribution in [2.75, 3.05) is 21.3 Å². The van der Waals surface area contributed by atoms with Gasteiger partial charge in [0.15, 0.2) is 0 Å². The summed E-state index contributed by atoms with van der Waals surface area (Å²) in [4.78, 5) is 24.4. The summed E-state index contributed by atoms with van der Waals surface area (Å²) in [5, 5.41) is 11.0. The summed E-state index contributed by atoms with van der Waals surface area (Å²) in [5.41, 5.74) is 4.30. The molecule has 0 fully saturated rings. The molecular formula is C22H20Cl2N4O2. The fourth-order valence-corrected chi connectivity index (χ4v) is 2.97. The van der Waals surface area contributed by atoms with Crippen LogP contribution < -0.4 is 21.3 Å². The highest BCUT2D eigenvalue weighted by atomic mass is 35.5. The Balaban J connectivity index is 1.55. The van der Waals surface area contributed by atoms with Gasteiger partial charge in [0.1, 0.15) is 0 Å². The van der Waals surface area contributed by atoms with Gasteiger partial charge in [-0.25, -0.2) is 9.59 Å². The van der Waals surface area contributed by atoms with Crippen LogP contribution in [0.25, 0.3) is 0 Å². The summed E-state index contributed by atoms with van der Waals surface area (Å²) >= 11 is 11.5. The highest BCUT2D eigenvalue weighted by Gasteiger charge is 2.06. The fourth-order valence-electron chi connectivity index (χ4n) is 2.62. The molecule has 6 nitrogen and oxygen atoms in total. The highest BCUT2D eigenvalue weighted by molar-refractivity contribution is 6.17. The van der Waals surface area contributed by atoms with Crippen molar-refractivity contribution in [1.29, 1.82) is 0 Å². The molecule has 0 radical (unpaired) electrons. The minimum Gasteiger partial charge on any atom is -0.308 e. The molecule has 3 aromatic rings. The summed E-state index contributed by atoms with van der Waals surface area (Å²) in [6, 6.07) is 20.5. The Hall–Kier alpha value is -3.22. The van der Waals surface area contributed by atoms with Crippen molar-refractivity contribution in [1.82, 2.24) is 0 Å². The summed E-state index contributed by atoms with van der Waals surface area (Å²) in [7, 11) is 0. The van der Waals surface area contributed by atoms with E-state index in [-0.39, 0.29) is 0 Å². The Morgan fingerprint density at radius 1 is 0.567 bits per heavy atom. The molecule has 0 aliphatic heterocycles. The Morgan fingerprint density at radius 3 is 1.30 bits per heavy atom. The van der Waals surface area contributed by atoms with Gasteiger partial charge in [0.2, 0.25) is 0 Å². The van der Waals surface area contributed by atoms with E-state index < -0.39 is 12.1 Å². The number of benzene rings is 3. The van der Waals surface area contributed by atoms with Gasteiger partial charge in [0.05, 0.1) is 0 Å². The molecular weight excluding hydrogens is 423 g/mol. The monoisotopic (exact) mass is 442 g/mol. The van der Waals surface area contributed by atoms with Gasteiger partial charge < -0.3 is 21.3 Å². The minimum absolute atomic E-state index is 0.394. The molecule has 0 heterocycles. The number of nitrogens with one attached hydrogen (secondary N) is 4. The lowest BCUT2D eigenvalue weighted by atomic mass is 10.2. The number of carbonyl (C=O) groups excluding carboxylic acids is 2. The summed E-state index contributed by atoms with van der Waals surface area (Å²) < 4.78 is 0. The SMILES string of the molecule is O=C(Nc1ccc(CCl)cc1)Nc1cccc(NC(=O)Nc2ccc(CCl)cc2)c1. The van der Waals surface area contributed by atoms with E-state index in [0.29, 0.717) is 34.5 Å². The molecule has 0 saturated heterocycles. The van der Waals surface area contributed by atoms with Crippen LogP contribution in [0, 0.1) is 0 Å². The first kappa shape index (κ1) is 21.5. The maximum Gasteiger partial charge on any atom is 0.323 e. The number of urea groups is 2. The van der Waals surface area contributed by atoms with E-state index in [1.54, 1.807) is 48.5 Å². The Bertz CT molecular complexity index is 930. The van der Waals surface area contributed by atoms with Gasteiger partial charge in [0, 0.05) is 34.5 Å². The van der Waals surface area contributed by atoms with Gasteiger partial charge in [-0.15, -0.1) is 23.2 Å². The predicted molar refractivity (Wildman–Crippen MR) is 124 cm³/mol. The number of hydrogen-bond acceptors (Lipinski definition) is 2. The number of alkyl halides is 2. The first-order valence-corrected chi connectivity index (χ1v) is 10.2. The molecule has 0 aromatic heterocycles. The maximum absolute atomic E-state index is 12.2. The molecule has 30 heavy (non-hydrogen) atoms. The van der Waals surface area contributed by atoms with E-state index >= 15 is 0 Å². The van der Waals surface area contributed by atoms with Crippen molar-refractivity contribution in [3.05, 3.63) is 83.9 Å². The summed E-state index contributed by atoms with van der Waals surface area (Å²) in [6.07, 6.45) is 0. The Kier molecular flexibility index (Phi) is 7.54. The quantitative estimate of drug-likeness (QED) is 0.330. The van der Waals surface area contributed by atoms with Gasteiger partial charge in [-0.05, 0) is 53.6 Å². The second-order valence-corrected chi connectivity index (χ2v) is 6.93. The summed E-state index contributed by atoms with van der Waals surface area (Å²) in [5.74, 6) is 0.831. The van der Waals surface area contributed by atoms with Gasteiger partial charge in [-0.2, -0.15) is 0 Å². The normalized spacial score (nSPS) is 10.2. The average Bonchev–Trinajstić information content (AvgIpc) is 2.75. The molecule has 0 aliphatic rings. The average molecular weight is 443 g/mol. The van der Waals surface area contributed by atoms with Crippen molar-refractivity contribution in [3.63, 3.8) is 0 Å². The third kappa shape index (κ3) is 6.40. The van der Waals surface area contributed by atoms with Gasteiger partial charge in [0.25, 0.3) is 0 Å². The van der Waals surface area contributed by atoms with Crippen molar-refractivity contribution >= 4 is 58.0 Å². The van der Waals surface area contributed by atoms with Crippen LogP contribution >= 0.6 is 23.2 Å². The van der Waals surface area contributed by atoms with E-state index in [0.717, 1.165) is 11.1 Å². The van der Waals surface area contributed by atoms with Crippen molar-refractivity contribution in [2.45, 2.75) is 11.8 Å². The van der Waals surface area contributed by atoms with Gasteiger partial charge in [-0.3, -0.25) is 0 Å². The first-order valence-electron chi connectivity index (χ1n) is 9.11. The van der Waals surface area contributed by atoms with Crippen molar-refractivity contribution in [3.8, 4) is 0 Å². The maximum atomic E-state index is 12.2. The standard InChI is InChI=1S/C22H20Cl2N4O2/c23-13-15-4-8-17(9-5-15)25-21(29)27-19-2-1-3-20(12-19)28-22(30)26-18-10-6-16(14-24)7-11-18/h1-12H,13-14H2,(H2,25,27,29)(H2,26,28,30). The van der Waals surface area contributed by atoms with Crippen LogP contribution in [-0.2, 0) is 11.8 Å². The van der Waals surface area contributed by atoms with Crippen LogP contribution in [0.1, 0.15) is 11.1 Å². The second-order valence-electron chi connectivity index (χ2n) is 6.40. The largest absolute Gasteiger partial charge is 0.323 e. The molecule has 0 bridgehead atoms. The number of hydrogen-bond donors (Lipinski definition) is 4. The zero-order chi connectivity index (χ0) is 21.3. The molecule has 0 saturated carbocycles. The molecule has 3 aromatic carbocycles. The van der Waals surface area contributed by atoms with Gasteiger partial charge in [-0.1, -0.05) is 30.3 Å². The van der Waals surface area contributed by atoms with Gasteiger partial charge >= 0.3 is 12.1 Å². The van der Waals surface area contributed by atoms with Crippen LogP contribution in [-0.4, -0.2) is 12.1 Å². The van der Waals surface area contributed by atoms with Crippen molar-refractivity contribution in [2.24, 2.45) is 0 Å². The minimum atomic E-state index is -0.394. The van der Waals surface area contributed by atoms with E-state index in [1.165, 1.54) is 0 Å². The van der Waals surface area contributed by atoms with E-state index in [2.05, 4.69) is 21.3 Å². The molecule has 0 spiro atoms. The Morgan fingerprint density at radius 2 is 0.933 bits per heavy atom. The van der Waals surface area contributed by atoms with Crippen LogP contribution in [0.4, 0.5) is 32.3 Å². The predicted octanol–water partition coefficient (Wildman–Crippen LogP) is 6.45. The molecule has 0 aliphatic carbocycles.